The number of rotatable bonds is 3. The molecule has 2 aromatic rings. The van der Waals surface area contributed by atoms with Crippen molar-refractivity contribution in [3.8, 4) is 6.07 Å². The Morgan fingerprint density at radius 1 is 1.44 bits per heavy atom. The molecular weight excluding hydrogens is 200 g/mol. The molecular formula is C13H12N2O. The fraction of sp³-hybridized carbons (Fsp3) is 0.231. The number of aromatic nitrogens is 1. The number of carbonyl (C=O) groups excluding carboxylic acids is 1. The molecule has 1 heterocycles. The second kappa shape index (κ2) is 4.19. The van der Waals surface area contributed by atoms with Gasteiger partial charge in [0.1, 0.15) is 0 Å². The Morgan fingerprint density at radius 2 is 2.25 bits per heavy atom. The van der Waals surface area contributed by atoms with E-state index in [1.165, 1.54) is 0 Å². The first-order chi connectivity index (χ1) is 7.74. The van der Waals surface area contributed by atoms with Crippen molar-refractivity contribution < 1.29 is 4.79 Å². The first-order valence-corrected chi connectivity index (χ1v) is 5.25. The SMILES string of the molecule is CCC(=O)Cn1ccc2ccc(C#N)cc21. The van der Waals surface area contributed by atoms with Crippen LogP contribution in [-0.2, 0) is 11.3 Å². The number of hydrogen-bond donors (Lipinski definition) is 0. The molecule has 0 fully saturated rings. The third-order valence-electron chi connectivity index (χ3n) is 2.64. The van der Waals surface area contributed by atoms with E-state index < -0.39 is 0 Å². The number of carbonyl (C=O) groups is 1. The molecule has 1 aromatic carbocycles. The first kappa shape index (κ1) is 10.4. The van der Waals surface area contributed by atoms with Gasteiger partial charge in [-0.1, -0.05) is 13.0 Å². The Labute approximate surface area is 93.9 Å². The molecule has 0 saturated heterocycles. The maximum Gasteiger partial charge on any atom is 0.152 e. The second-order valence-electron chi connectivity index (χ2n) is 3.72. The lowest BCUT2D eigenvalue weighted by Gasteiger charge is -2.03. The van der Waals surface area contributed by atoms with Gasteiger partial charge < -0.3 is 4.57 Å². The molecule has 80 valence electrons. The fourth-order valence-corrected chi connectivity index (χ4v) is 1.69. The summed E-state index contributed by atoms with van der Waals surface area (Å²) in [7, 11) is 0. The molecule has 0 unspecified atom stereocenters. The van der Waals surface area contributed by atoms with Gasteiger partial charge in [-0.25, -0.2) is 0 Å². The van der Waals surface area contributed by atoms with Crippen molar-refractivity contribution in [2.45, 2.75) is 19.9 Å². The van der Waals surface area contributed by atoms with E-state index in [0.29, 0.717) is 18.5 Å². The van der Waals surface area contributed by atoms with Crippen LogP contribution in [0.1, 0.15) is 18.9 Å². The van der Waals surface area contributed by atoms with Crippen molar-refractivity contribution in [1.29, 1.82) is 5.26 Å². The van der Waals surface area contributed by atoms with Crippen LogP contribution in [0.4, 0.5) is 0 Å². The van der Waals surface area contributed by atoms with Gasteiger partial charge in [0.15, 0.2) is 5.78 Å². The van der Waals surface area contributed by atoms with E-state index in [4.69, 9.17) is 5.26 Å². The first-order valence-electron chi connectivity index (χ1n) is 5.25. The topological polar surface area (TPSA) is 45.8 Å². The minimum Gasteiger partial charge on any atom is -0.340 e. The number of ketones is 1. The highest BCUT2D eigenvalue weighted by Crippen LogP contribution is 2.17. The van der Waals surface area contributed by atoms with Gasteiger partial charge >= 0.3 is 0 Å². The zero-order valence-corrected chi connectivity index (χ0v) is 9.10. The average molecular weight is 212 g/mol. The smallest absolute Gasteiger partial charge is 0.152 e. The van der Waals surface area contributed by atoms with Crippen LogP contribution in [0.3, 0.4) is 0 Å². The van der Waals surface area contributed by atoms with Crippen LogP contribution >= 0.6 is 0 Å². The van der Waals surface area contributed by atoms with E-state index >= 15 is 0 Å². The van der Waals surface area contributed by atoms with Gasteiger partial charge in [0.2, 0.25) is 0 Å². The number of Topliss-reactive ketones (excluding diaryl/α,β-unsaturated/α-hetero) is 1. The lowest BCUT2D eigenvalue weighted by atomic mass is 10.2. The molecule has 0 atom stereocenters. The van der Waals surface area contributed by atoms with Gasteiger partial charge in [0.05, 0.1) is 18.2 Å². The molecule has 0 aliphatic heterocycles. The molecule has 3 heteroatoms. The molecule has 1 aromatic heterocycles. The zero-order valence-electron chi connectivity index (χ0n) is 9.10. The van der Waals surface area contributed by atoms with E-state index in [1.54, 1.807) is 6.07 Å². The van der Waals surface area contributed by atoms with Crippen molar-refractivity contribution in [2.75, 3.05) is 0 Å². The van der Waals surface area contributed by atoms with Gasteiger partial charge in [0, 0.05) is 18.1 Å². The van der Waals surface area contributed by atoms with E-state index in [9.17, 15) is 4.79 Å². The molecule has 3 nitrogen and oxygen atoms in total. The average Bonchev–Trinajstić information content (AvgIpc) is 2.71. The van der Waals surface area contributed by atoms with E-state index in [-0.39, 0.29) is 5.78 Å². The van der Waals surface area contributed by atoms with Crippen LogP contribution in [0.15, 0.2) is 30.5 Å². The Bertz CT molecular complexity index is 575. The minimum absolute atomic E-state index is 0.194. The summed E-state index contributed by atoms with van der Waals surface area (Å²) in [4.78, 5) is 11.4. The van der Waals surface area contributed by atoms with Gasteiger partial charge in [-0.3, -0.25) is 4.79 Å². The van der Waals surface area contributed by atoms with Crippen LogP contribution in [0.5, 0.6) is 0 Å². The lowest BCUT2D eigenvalue weighted by Crippen LogP contribution is -2.07. The molecule has 0 aliphatic carbocycles. The summed E-state index contributed by atoms with van der Waals surface area (Å²) in [6.45, 7) is 2.24. The third kappa shape index (κ3) is 1.82. The summed E-state index contributed by atoms with van der Waals surface area (Å²) >= 11 is 0. The monoisotopic (exact) mass is 212 g/mol. The molecule has 0 bridgehead atoms. The third-order valence-corrected chi connectivity index (χ3v) is 2.64. The molecule has 0 N–H and O–H groups in total. The Morgan fingerprint density at radius 3 is 2.94 bits per heavy atom. The van der Waals surface area contributed by atoms with Crippen LogP contribution in [0.25, 0.3) is 10.9 Å². The zero-order chi connectivity index (χ0) is 11.5. The largest absolute Gasteiger partial charge is 0.340 e. The molecule has 0 spiro atoms. The Kier molecular flexibility index (Phi) is 2.74. The molecule has 0 radical (unpaired) electrons. The molecule has 2 rings (SSSR count). The highest BCUT2D eigenvalue weighted by atomic mass is 16.1. The summed E-state index contributed by atoms with van der Waals surface area (Å²) in [5.41, 5.74) is 1.57. The number of hydrogen-bond acceptors (Lipinski definition) is 2. The molecule has 0 saturated carbocycles. The maximum atomic E-state index is 11.4. The second-order valence-corrected chi connectivity index (χ2v) is 3.72. The number of fused-ring (bicyclic) bond motifs is 1. The summed E-state index contributed by atoms with van der Waals surface area (Å²) < 4.78 is 1.89. The Balaban J connectivity index is 2.46. The van der Waals surface area contributed by atoms with Crippen molar-refractivity contribution in [3.05, 3.63) is 36.0 Å². The standard InChI is InChI=1S/C13H12N2O/c1-2-12(16)9-15-6-5-11-4-3-10(8-14)7-13(11)15/h3-7H,2,9H2,1H3. The summed E-state index contributed by atoms with van der Waals surface area (Å²) in [5.74, 6) is 0.194. The fourth-order valence-electron chi connectivity index (χ4n) is 1.69. The summed E-state index contributed by atoms with van der Waals surface area (Å²) in [5, 5.41) is 9.89. The maximum absolute atomic E-state index is 11.4. The van der Waals surface area contributed by atoms with Gasteiger partial charge in [-0.05, 0) is 23.6 Å². The minimum atomic E-state index is 0.194. The van der Waals surface area contributed by atoms with E-state index in [0.717, 1.165) is 10.9 Å². The predicted molar refractivity (Wildman–Crippen MR) is 62.0 cm³/mol. The van der Waals surface area contributed by atoms with Crippen molar-refractivity contribution in [1.82, 2.24) is 4.57 Å². The highest BCUT2D eigenvalue weighted by molar-refractivity contribution is 5.84. The van der Waals surface area contributed by atoms with Crippen molar-refractivity contribution in [2.24, 2.45) is 0 Å². The van der Waals surface area contributed by atoms with E-state index in [1.807, 2.05) is 35.9 Å². The number of benzene rings is 1. The summed E-state index contributed by atoms with van der Waals surface area (Å²) in [6, 6.07) is 9.57. The van der Waals surface area contributed by atoms with Crippen LogP contribution < -0.4 is 0 Å². The van der Waals surface area contributed by atoms with Crippen LogP contribution in [-0.4, -0.2) is 10.4 Å². The number of nitrogens with zero attached hydrogens (tertiary/aromatic N) is 2. The number of nitriles is 1. The van der Waals surface area contributed by atoms with Gasteiger partial charge in [-0.2, -0.15) is 5.26 Å². The van der Waals surface area contributed by atoms with Crippen LogP contribution in [0.2, 0.25) is 0 Å². The molecule has 0 amide bonds. The van der Waals surface area contributed by atoms with E-state index in [2.05, 4.69) is 6.07 Å². The summed E-state index contributed by atoms with van der Waals surface area (Å²) in [6.07, 6.45) is 2.43. The predicted octanol–water partition coefficient (Wildman–Crippen LogP) is 2.49. The van der Waals surface area contributed by atoms with Gasteiger partial charge in [0.25, 0.3) is 0 Å². The normalized spacial score (nSPS) is 10.2. The molecule has 0 aliphatic rings. The van der Waals surface area contributed by atoms with Crippen molar-refractivity contribution >= 4 is 16.7 Å². The highest BCUT2D eigenvalue weighted by Gasteiger charge is 2.05. The quantitative estimate of drug-likeness (QED) is 0.784. The van der Waals surface area contributed by atoms with Crippen molar-refractivity contribution in [3.63, 3.8) is 0 Å². The Hall–Kier alpha value is -2.08. The van der Waals surface area contributed by atoms with Crippen LogP contribution in [0, 0.1) is 11.3 Å². The lowest BCUT2D eigenvalue weighted by molar-refractivity contribution is -0.119. The van der Waals surface area contributed by atoms with Gasteiger partial charge in [-0.15, -0.1) is 0 Å². The molecule has 16 heavy (non-hydrogen) atoms.